The molecule has 2 aromatic rings. The molecule has 0 bridgehead atoms. The molecule has 19 heavy (non-hydrogen) atoms. The van der Waals surface area contributed by atoms with E-state index in [0.717, 1.165) is 27.9 Å². The lowest BCUT2D eigenvalue weighted by molar-refractivity contribution is -0.140. The largest absolute Gasteiger partial charge is 0.496 e. The number of ether oxygens (including phenoxy) is 2. The number of carbonyl (C=O) groups excluding carboxylic acids is 1. The van der Waals surface area contributed by atoms with Gasteiger partial charge >= 0.3 is 5.97 Å². The Morgan fingerprint density at radius 3 is 2.74 bits per heavy atom. The zero-order valence-corrected chi connectivity index (χ0v) is 11.4. The van der Waals surface area contributed by atoms with Crippen molar-refractivity contribution in [3.8, 4) is 5.75 Å². The van der Waals surface area contributed by atoms with Gasteiger partial charge in [-0.25, -0.2) is 0 Å². The van der Waals surface area contributed by atoms with E-state index < -0.39 is 0 Å². The van der Waals surface area contributed by atoms with Crippen LogP contribution < -0.4 is 4.74 Å². The van der Waals surface area contributed by atoms with Crippen molar-refractivity contribution in [2.75, 3.05) is 14.2 Å². The standard InChI is InChI=1S/C15H17NO3/c1-10-8-14(18-2)12-9-11(4-6-13(12)16-10)5-7-15(17)19-3/h4,6,8-9H,5,7H2,1-3H3. The van der Waals surface area contributed by atoms with Crippen LogP contribution in [0.4, 0.5) is 0 Å². The van der Waals surface area contributed by atoms with Crippen LogP contribution in [-0.4, -0.2) is 25.2 Å². The first-order valence-corrected chi connectivity index (χ1v) is 6.15. The maximum absolute atomic E-state index is 11.2. The predicted octanol–water partition coefficient (Wildman–Crippen LogP) is 2.66. The molecular weight excluding hydrogens is 242 g/mol. The Morgan fingerprint density at radius 2 is 2.05 bits per heavy atom. The average molecular weight is 259 g/mol. The summed E-state index contributed by atoms with van der Waals surface area (Å²) in [6.45, 7) is 1.94. The normalized spacial score (nSPS) is 10.5. The number of hydrogen-bond acceptors (Lipinski definition) is 4. The fourth-order valence-electron chi connectivity index (χ4n) is 2.04. The van der Waals surface area contributed by atoms with E-state index in [9.17, 15) is 4.79 Å². The van der Waals surface area contributed by atoms with Gasteiger partial charge in [0.15, 0.2) is 0 Å². The summed E-state index contributed by atoms with van der Waals surface area (Å²) in [5.74, 6) is 0.608. The van der Waals surface area contributed by atoms with Gasteiger partial charge in [-0.1, -0.05) is 6.07 Å². The maximum atomic E-state index is 11.2. The molecule has 0 radical (unpaired) electrons. The van der Waals surface area contributed by atoms with Gasteiger partial charge in [-0.05, 0) is 31.0 Å². The number of aromatic nitrogens is 1. The number of methoxy groups -OCH3 is 2. The number of nitrogens with zero attached hydrogens (tertiary/aromatic N) is 1. The molecule has 0 aliphatic carbocycles. The minimum atomic E-state index is -0.200. The molecule has 0 fully saturated rings. The number of fused-ring (bicyclic) bond motifs is 1. The molecule has 1 aromatic carbocycles. The second-order valence-corrected chi connectivity index (χ2v) is 4.39. The van der Waals surface area contributed by atoms with Crippen molar-refractivity contribution in [3.05, 3.63) is 35.5 Å². The van der Waals surface area contributed by atoms with Crippen LogP contribution in [0.1, 0.15) is 17.7 Å². The Kier molecular flexibility index (Phi) is 4.00. The average Bonchev–Trinajstić information content (AvgIpc) is 2.43. The van der Waals surface area contributed by atoms with E-state index >= 15 is 0 Å². The number of hydrogen-bond donors (Lipinski definition) is 0. The molecule has 0 spiro atoms. The third-order valence-corrected chi connectivity index (χ3v) is 3.03. The molecule has 1 heterocycles. The third kappa shape index (κ3) is 3.02. The Morgan fingerprint density at radius 1 is 1.26 bits per heavy atom. The second-order valence-electron chi connectivity index (χ2n) is 4.39. The SMILES string of the molecule is COC(=O)CCc1ccc2nc(C)cc(OC)c2c1. The summed E-state index contributed by atoms with van der Waals surface area (Å²) in [6, 6.07) is 7.87. The van der Waals surface area contributed by atoms with Crippen molar-refractivity contribution in [1.82, 2.24) is 4.98 Å². The summed E-state index contributed by atoms with van der Waals surface area (Å²) in [4.78, 5) is 15.6. The molecule has 0 saturated heterocycles. The van der Waals surface area contributed by atoms with Crippen molar-refractivity contribution >= 4 is 16.9 Å². The number of benzene rings is 1. The highest BCUT2D eigenvalue weighted by Crippen LogP contribution is 2.26. The molecule has 0 N–H and O–H groups in total. The topological polar surface area (TPSA) is 48.4 Å². The van der Waals surface area contributed by atoms with E-state index in [4.69, 9.17) is 4.74 Å². The highest BCUT2D eigenvalue weighted by molar-refractivity contribution is 5.86. The Balaban J connectivity index is 2.34. The van der Waals surface area contributed by atoms with Gasteiger partial charge in [0.25, 0.3) is 0 Å². The molecule has 4 heteroatoms. The highest BCUT2D eigenvalue weighted by Gasteiger charge is 2.07. The molecule has 100 valence electrons. The number of aryl methyl sites for hydroxylation is 2. The summed E-state index contributed by atoms with van der Waals surface area (Å²) in [6.07, 6.45) is 1.03. The highest BCUT2D eigenvalue weighted by atomic mass is 16.5. The zero-order chi connectivity index (χ0) is 13.8. The van der Waals surface area contributed by atoms with Crippen LogP contribution in [0.3, 0.4) is 0 Å². The molecule has 0 aliphatic heterocycles. The minimum absolute atomic E-state index is 0.200. The predicted molar refractivity (Wildman–Crippen MR) is 73.4 cm³/mol. The van der Waals surface area contributed by atoms with Crippen molar-refractivity contribution in [2.24, 2.45) is 0 Å². The van der Waals surface area contributed by atoms with Crippen LogP contribution in [0.25, 0.3) is 10.9 Å². The lowest BCUT2D eigenvalue weighted by Gasteiger charge is -2.08. The third-order valence-electron chi connectivity index (χ3n) is 3.03. The zero-order valence-electron chi connectivity index (χ0n) is 11.4. The summed E-state index contributed by atoms with van der Waals surface area (Å²) < 4.78 is 10.0. The number of rotatable bonds is 4. The lowest BCUT2D eigenvalue weighted by atomic mass is 10.1. The maximum Gasteiger partial charge on any atom is 0.305 e. The van der Waals surface area contributed by atoms with Crippen molar-refractivity contribution < 1.29 is 14.3 Å². The van der Waals surface area contributed by atoms with Crippen molar-refractivity contribution in [3.63, 3.8) is 0 Å². The quantitative estimate of drug-likeness (QED) is 0.792. The molecule has 2 rings (SSSR count). The van der Waals surface area contributed by atoms with Gasteiger partial charge in [0.1, 0.15) is 5.75 Å². The van der Waals surface area contributed by atoms with Gasteiger partial charge in [-0.3, -0.25) is 9.78 Å². The van der Waals surface area contributed by atoms with Crippen LogP contribution in [0.2, 0.25) is 0 Å². The minimum Gasteiger partial charge on any atom is -0.496 e. The van der Waals surface area contributed by atoms with Gasteiger partial charge in [0.05, 0.1) is 19.7 Å². The van der Waals surface area contributed by atoms with E-state index in [1.54, 1.807) is 7.11 Å². The van der Waals surface area contributed by atoms with Gasteiger partial charge in [-0.2, -0.15) is 0 Å². The summed E-state index contributed by atoms with van der Waals surface area (Å²) in [5.41, 5.74) is 2.90. The Hall–Kier alpha value is -2.10. The molecule has 0 atom stereocenters. The van der Waals surface area contributed by atoms with Gasteiger partial charge in [0.2, 0.25) is 0 Å². The Labute approximate surface area is 112 Å². The molecule has 4 nitrogen and oxygen atoms in total. The van der Waals surface area contributed by atoms with Crippen LogP contribution in [0.15, 0.2) is 24.3 Å². The number of esters is 1. The fourth-order valence-corrected chi connectivity index (χ4v) is 2.04. The van der Waals surface area contributed by atoms with E-state index in [1.807, 2.05) is 31.2 Å². The second kappa shape index (κ2) is 5.69. The van der Waals surface area contributed by atoms with E-state index in [0.29, 0.717) is 12.8 Å². The molecule has 0 aliphatic rings. The summed E-state index contributed by atoms with van der Waals surface area (Å²) in [7, 11) is 3.05. The summed E-state index contributed by atoms with van der Waals surface area (Å²) in [5, 5.41) is 0.968. The number of carbonyl (C=O) groups is 1. The van der Waals surface area contributed by atoms with E-state index in [2.05, 4.69) is 9.72 Å². The number of pyridine rings is 1. The molecule has 0 amide bonds. The first-order chi connectivity index (χ1) is 9.13. The lowest BCUT2D eigenvalue weighted by Crippen LogP contribution is -2.02. The van der Waals surface area contributed by atoms with Gasteiger partial charge < -0.3 is 9.47 Å². The first-order valence-electron chi connectivity index (χ1n) is 6.15. The fraction of sp³-hybridized carbons (Fsp3) is 0.333. The van der Waals surface area contributed by atoms with Crippen LogP contribution in [0.5, 0.6) is 5.75 Å². The van der Waals surface area contributed by atoms with Gasteiger partial charge in [0, 0.05) is 23.6 Å². The molecule has 0 saturated carbocycles. The summed E-state index contributed by atoms with van der Waals surface area (Å²) >= 11 is 0. The smallest absolute Gasteiger partial charge is 0.305 e. The van der Waals surface area contributed by atoms with Crippen LogP contribution in [-0.2, 0) is 16.0 Å². The van der Waals surface area contributed by atoms with E-state index in [-0.39, 0.29) is 5.97 Å². The van der Waals surface area contributed by atoms with Crippen LogP contribution in [0, 0.1) is 6.92 Å². The first kappa shape index (κ1) is 13.3. The monoisotopic (exact) mass is 259 g/mol. The Bertz CT molecular complexity index is 608. The van der Waals surface area contributed by atoms with Crippen LogP contribution >= 0.6 is 0 Å². The van der Waals surface area contributed by atoms with E-state index in [1.165, 1.54) is 7.11 Å². The molecular formula is C15H17NO3. The van der Waals surface area contributed by atoms with Crippen molar-refractivity contribution in [1.29, 1.82) is 0 Å². The van der Waals surface area contributed by atoms with Crippen molar-refractivity contribution in [2.45, 2.75) is 19.8 Å². The molecule has 1 aromatic heterocycles. The molecule has 0 unspecified atom stereocenters. The van der Waals surface area contributed by atoms with Gasteiger partial charge in [-0.15, -0.1) is 0 Å².